The Morgan fingerprint density at radius 3 is 2.28 bits per heavy atom. The molecule has 0 aromatic heterocycles. The number of Topliss-reactive ketones (excluding diaryl/α,β-unsaturated/α-hetero) is 1. The van der Waals surface area contributed by atoms with Gasteiger partial charge in [-0.15, -0.1) is 0 Å². The highest BCUT2D eigenvalue weighted by molar-refractivity contribution is 6.51. The molecule has 0 bridgehead atoms. The second-order valence-corrected chi connectivity index (χ2v) is 10.0. The fraction of sp³-hybridized carbons (Fsp3) is 0.281. The first kappa shape index (κ1) is 27.6. The Kier molecular flexibility index (Phi) is 8.19. The Balaban J connectivity index is 1.80. The minimum Gasteiger partial charge on any atom is -0.507 e. The Labute approximate surface area is 228 Å². The van der Waals surface area contributed by atoms with Crippen LogP contribution in [0.1, 0.15) is 59.4 Å². The minimum absolute atomic E-state index is 0.00502. The van der Waals surface area contributed by atoms with E-state index < -0.39 is 23.7 Å². The predicted octanol–water partition coefficient (Wildman–Crippen LogP) is 6.14. The number of ketones is 1. The summed E-state index contributed by atoms with van der Waals surface area (Å²) in [5.74, 6) is -1.39. The quantitative estimate of drug-likeness (QED) is 0.164. The molecule has 1 aliphatic rings. The molecule has 1 aliphatic heterocycles. The van der Waals surface area contributed by atoms with Gasteiger partial charge in [-0.3, -0.25) is 14.5 Å². The fourth-order valence-electron chi connectivity index (χ4n) is 4.61. The van der Waals surface area contributed by atoms with Crippen LogP contribution in [0, 0.1) is 19.8 Å². The molecular weight excluding hydrogens is 494 g/mol. The van der Waals surface area contributed by atoms with E-state index in [1.165, 1.54) is 4.90 Å². The molecule has 1 heterocycles. The molecule has 0 saturated carbocycles. The van der Waals surface area contributed by atoms with Crippen LogP contribution in [0.5, 0.6) is 5.75 Å². The van der Waals surface area contributed by atoms with Crippen LogP contribution < -0.4 is 9.64 Å². The van der Waals surface area contributed by atoms with Crippen LogP contribution in [-0.2, 0) is 14.3 Å². The number of aryl methyl sites for hydroxylation is 2. The highest BCUT2D eigenvalue weighted by Gasteiger charge is 2.47. The highest BCUT2D eigenvalue weighted by Crippen LogP contribution is 2.42. The molecule has 0 aliphatic carbocycles. The van der Waals surface area contributed by atoms with Crippen LogP contribution in [0.4, 0.5) is 5.69 Å². The van der Waals surface area contributed by atoms with Crippen molar-refractivity contribution < 1.29 is 29.0 Å². The summed E-state index contributed by atoms with van der Waals surface area (Å²) in [5.41, 5.74) is 3.59. The number of hydrogen-bond donors (Lipinski definition) is 1. The first-order valence-corrected chi connectivity index (χ1v) is 13.0. The number of amides is 1. The van der Waals surface area contributed by atoms with Gasteiger partial charge in [0, 0.05) is 11.3 Å². The number of hydrogen-bond acceptors (Lipinski definition) is 6. The Bertz CT molecular complexity index is 1440. The second kappa shape index (κ2) is 11.6. The normalized spacial score (nSPS) is 16.6. The average molecular weight is 528 g/mol. The number of carbonyl (C=O) groups excluding carboxylic acids is 3. The first-order chi connectivity index (χ1) is 18.6. The lowest BCUT2D eigenvalue weighted by atomic mass is 9.93. The van der Waals surface area contributed by atoms with Crippen molar-refractivity contribution in [2.45, 2.75) is 40.7 Å². The number of aliphatic hydroxyl groups excluding tert-OH is 1. The van der Waals surface area contributed by atoms with Crippen molar-refractivity contribution in [3.05, 3.63) is 100 Å². The Hall–Kier alpha value is -4.39. The molecule has 39 heavy (non-hydrogen) atoms. The van der Waals surface area contributed by atoms with E-state index in [4.69, 9.17) is 9.47 Å². The maximum atomic E-state index is 13.4. The van der Waals surface area contributed by atoms with Gasteiger partial charge in [0.25, 0.3) is 11.7 Å². The number of aliphatic hydroxyl groups is 1. The molecule has 202 valence electrons. The minimum atomic E-state index is -0.865. The standard InChI is InChI=1S/C32H33NO6/c1-6-38-26-15-12-24(17-21(26)5)29(34)27-28(23-9-7-8-20(4)16-23)33(31(36)30(27)35)25-13-10-22(11-14-25)32(37)39-18-19(2)3/h7-17,19,28,34H,6,18H2,1-5H3/b29-27-. The largest absolute Gasteiger partial charge is 0.507 e. The molecule has 1 saturated heterocycles. The number of benzene rings is 3. The van der Waals surface area contributed by atoms with E-state index in [0.717, 1.165) is 11.1 Å². The number of rotatable bonds is 8. The molecule has 4 rings (SSSR count). The topological polar surface area (TPSA) is 93.1 Å². The molecule has 1 fully saturated rings. The third-order valence-electron chi connectivity index (χ3n) is 6.48. The number of esters is 1. The fourth-order valence-corrected chi connectivity index (χ4v) is 4.61. The lowest BCUT2D eigenvalue weighted by Gasteiger charge is -2.26. The molecule has 1 atom stereocenters. The van der Waals surface area contributed by atoms with E-state index >= 15 is 0 Å². The zero-order chi connectivity index (χ0) is 28.3. The Morgan fingerprint density at radius 2 is 1.67 bits per heavy atom. The van der Waals surface area contributed by atoms with Gasteiger partial charge in [-0.05, 0) is 80.3 Å². The van der Waals surface area contributed by atoms with Crippen LogP contribution in [0.2, 0.25) is 0 Å². The third-order valence-corrected chi connectivity index (χ3v) is 6.48. The number of ether oxygens (including phenoxy) is 2. The number of nitrogens with zero attached hydrogens (tertiary/aromatic N) is 1. The summed E-state index contributed by atoms with van der Waals surface area (Å²) >= 11 is 0. The monoisotopic (exact) mass is 527 g/mol. The lowest BCUT2D eigenvalue weighted by molar-refractivity contribution is -0.132. The van der Waals surface area contributed by atoms with Gasteiger partial charge in [0.1, 0.15) is 11.5 Å². The number of anilines is 1. The molecular formula is C32H33NO6. The van der Waals surface area contributed by atoms with Crippen molar-refractivity contribution in [1.29, 1.82) is 0 Å². The van der Waals surface area contributed by atoms with E-state index in [1.54, 1.807) is 42.5 Å². The summed E-state index contributed by atoms with van der Waals surface area (Å²) in [6.45, 7) is 10.4. The molecule has 1 N–H and O–H groups in total. The van der Waals surface area contributed by atoms with Crippen molar-refractivity contribution in [2.24, 2.45) is 5.92 Å². The van der Waals surface area contributed by atoms with Gasteiger partial charge < -0.3 is 14.6 Å². The summed E-state index contributed by atoms with van der Waals surface area (Å²) < 4.78 is 10.9. The van der Waals surface area contributed by atoms with Crippen LogP contribution in [0.15, 0.2) is 72.3 Å². The summed E-state index contributed by atoms with van der Waals surface area (Å²) in [5, 5.41) is 11.4. The van der Waals surface area contributed by atoms with Gasteiger partial charge in [-0.2, -0.15) is 0 Å². The predicted molar refractivity (Wildman–Crippen MR) is 150 cm³/mol. The third kappa shape index (κ3) is 5.72. The molecule has 3 aromatic carbocycles. The van der Waals surface area contributed by atoms with Gasteiger partial charge in [-0.1, -0.05) is 43.7 Å². The van der Waals surface area contributed by atoms with Crippen molar-refractivity contribution in [3.8, 4) is 5.75 Å². The van der Waals surface area contributed by atoms with Crippen LogP contribution in [0.3, 0.4) is 0 Å². The van der Waals surface area contributed by atoms with Crippen LogP contribution in [0.25, 0.3) is 5.76 Å². The molecule has 7 heteroatoms. The van der Waals surface area contributed by atoms with Gasteiger partial charge in [0.05, 0.1) is 30.4 Å². The van der Waals surface area contributed by atoms with E-state index in [9.17, 15) is 19.5 Å². The molecule has 1 unspecified atom stereocenters. The van der Waals surface area contributed by atoms with Crippen molar-refractivity contribution in [2.75, 3.05) is 18.1 Å². The average Bonchev–Trinajstić information content (AvgIpc) is 3.18. The van der Waals surface area contributed by atoms with Gasteiger partial charge in [0.2, 0.25) is 0 Å². The first-order valence-electron chi connectivity index (χ1n) is 13.0. The second-order valence-electron chi connectivity index (χ2n) is 10.0. The zero-order valence-electron chi connectivity index (χ0n) is 22.9. The van der Waals surface area contributed by atoms with Crippen LogP contribution in [-0.4, -0.2) is 36.0 Å². The van der Waals surface area contributed by atoms with Gasteiger partial charge in [-0.25, -0.2) is 4.79 Å². The Morgan fingerprint density at radius 1 is 0.974 bits per heavy atom. The molecule has 0 spiro atoms. The smallest absolute Gasteiger partial charge is 0.338 e. The van der Waals surface area contributed by atoms with E-state index in [2.05, 4.69) is 0 Å². The van der Waals surface area contributed by atoms with E-state index in [-0.39, 0.29) is 17.3 Å². The maximum absolute atomic E-state index is 13.4. The van der Waals surface area contributed by atoms with Gasteiger partial charge in [0.15, 0.2) is 0 Å². The maximum Gasteiger partial charge on any atom is 0.338 e. The van der Waals surface area contributed by atoms with Crippen molar-refractivity contribution >= 4 is 29.1 Å². The van der Waals surface area contributed by atoms with E-state index in [1.807, 2.05) is 58.9 Å². The molecule has 0 radical (unpaired) electrons. The SMILES string of the molecule is CCOc1ccc(/C(O)=C2/C(=O)C(=O)N(c3ccc(C(=O)OCC(C)C)cc3)C2c2cccc(C)c2)cc1C. The molecule has 1 amide bonds. The summed E-state index contributed by atoms with van der Waals surface area (Å²) in [6.07, 6.45) is 0. The summed E-state index contributed by atoms with van der Waals surface area (Å²) in [7, 11) is 0. The molecule has 3 aromatic rings. The van der Waals surface area contributed by atoms with Crippen molar-refractivity contribution in [1.82, 2.24) is 0 Å². The van der Waals surface area contributed by atoms with E-state index in [0.29, 0.717) is 41.3 Å². The lowest BCUT2D eigenvalue weighted by Crippen LogP contribution is -2.29. The summed E-state index contributed by atoms with van der Waals surface area (Å²) in [4.78, 5) is 40.7. The summed E-state index contributed by atoms with van der Waals surface area (Å²) in [6, 6.07) is 18.1. The van der Waals surface area contributed by atoms with Crippen LogP contribution >= 0.6 is 0 Å². The van der Waals surface area contributed by atoms with Gasteiger partial charge >= 0.3 is 5.97 Å². The van der Waals surface area contributed by atoms with Crippen molar-refractivity contribution in [3.63, 3.8) is 0 Å². The molecule has 7 nitrogen and oxygen atoms in total. The zero-order valence-corrected chi connectivity index (χ0v) is 22.9. The number of carbonyl (C=O) groups is 3. The highest BCUT2D eigenvalue weighted by atomic mass is 16.5.